The first kappa shape index (κ1) is 19.0. The van der Waals surface area contributed by atoms with Crippen molar-refractivity contribution in [2.75, 3.05) is 11.9 Å². The number of ether oxygens (including phenoxy) is 2. The van der Waals surface area contributed by atoms with Gasteiger partial charge in [0.15, 0.2) is 11.5 Å². The summed E-state index contributed by atoms with van der Waals surface area (Å²) < 4.78 is 12.1. The molecule has 0 bridgehead atoms. The first-order chi connectivity index (χ1) is 14.5. The largest absolute Gasteiger partial charge is 0.448 e. The van der Waals surface area contributed by atoms with Crippen LogP contribution in [0.1, 0.15) is 43.2 Å². The lowest BCUT2D eigenvalue weighted by Gasteiger charge is -2.21. The molecule has 1 saturated carbocycles. The maximum Gasteiger partial charge on any atom is 0.251 e. The molecule has 2 heterocycles. The summed E-state index contributed by atoms with van der Waals surface area (Å²) in [5.41, 5.74) is 2.93. The zero-order valence-corrected chi connectivity index (χ0v) is 17.1. The number of benzene rings is 2. The molecular weight excluding hydrogens is 380 g/mol. The number of fused-ring (bicyclic) bond motifs is 1. The van der Waals surface area contributed by atoms with Crippen LogP contribution in [0.5, 0.6) is 11.5 Å². The molecule has 6 nitrogen and oxygen atoms in total. The standard InChI is InChI=1S/C24H26N2O4/c1-16-4-6-17(7-5-16)14-26-15-18(12-22(26)27)23(28)25-19-8-9-20-21(13-19)30-24(29-20)10-2-3-11-24/h4-9,13,18H,2-3,10-12,14-15H2,1H3,(H,25,28). The molecule has 2 fully saturated rings. The highest BCUT2D eigenvalue weighted by Crippen LogP contribution is 2.47. The molecule has 3 aliphatic rings. The molecule has 2 amide bonds. The summed E-state index contributed by atoms with van der Waals surface area (Å²) in [7, 11) is 0. The van der Waals surface area contributed by atoms with Crippen LogP contribution in [0.15, 0.2) is 42.5 Å². The van der Waals surface area contributed by atoms with Crippen molar-refractivity contribution in [3.05, 3.63) is 53.6 Å². The van der Waals surface area contributed by atoms with Crippen molar-refractivity contribution >= 4 is 17.5 Å². The Morgan fingerprint density at radius 2 is 1.83 bits per heavy atom. The Labute approximate surface area is 176 Å². The lowest BCUT2D eigenvalue weighted by Crippen LogP contribution is -2.34. The predicted octanol–water partition coefficient (Wildman–Crippen LogP) is 4.02. The van der Waals surface area contributed by atoms with Crippen LogP contribution in [0, 0.1) is 12.8 Å². The number of hydrogen-bond donors (Lipinski definition) is 1. The third kappa shape index (κ3) is 3.62. The Morgan fingerprint density at radius 3 is 2.60 bits per heavy atom. The smallest absolute Gasteiger partial charge is 0.251 e. The molecule has 2 aliphatic heterocycles. The van der Waals surface area contributed by atoms with Gasteiger partial charge in [0.2, 0.25) is 11.8 Å². The second-order valence-corrected chi connectivity index (χ2v) is 8.63. The molecule has 1 atom stereocenters. The zero-order valence-electron chi connectivity index (χ0n) is 17.1. The number of nitrogens with one attached hydrogen (secondary N) is 1. The van der Waals surface area contributed by atoms with E-state index in [1.54, 1.807) is 4.90 Å². The second kappa shape index (κ2) is 7.35. The topological polar surface area (TPSA) is 67.9 Å². The second-order valence-electron chi connectivity index (χ2n) is 8.63. The first-order valence-corrected chi connectivity index (χ1v) is 10.7. The fourth-order valence-corrected chi connectivity index (χ4v) is 4.55. The first-order valence-electron chi connectivity index (χ1n) is 10.7. The van der Waals surface area contributed by atoms with Gasteiger partial charge in [-0.1, -0.05) is 29.8 Å². The van der Waals surface area contributed by atoms with E-state index in [9.17, 15) is 9.59 Å². The summed E-state index contributed by atoms with van der Waals surface area (Å²) in [6.07, 6.45) is 4.23. The van der Waals surface area contributed by atoms with Gasteiger partial charge in [0.1, 0.15) is 0 Å². The fraction of sp³-hybridized carbons (Fsp3) is 0.417. The van der Waals surface area contributed by atoms with Crippen molar-refractivity contribution in [2.45, 2.75) is 51.4 Å². The van der Waals surface area contributed by atoms with Crippen molar-refractivity contribution in [1.29, 1.82) is 0 Å². The van der Waals surface area contributed by atoms with Gasteiger partial charge in [-0.05, 0) is 37.5 Å². The van der Waals surface area contributed by atoms with Crippen molar-refractivity contribution in [3.8, 4) is 11.5 Å². The van der Waals surface area contributed by atoms with Crippen molar-refractivity contribution < 1.29 is 19.1 Å². The summed E-state index contributed by atoms with van der Waals surface area (Å²) in [6, 6.07) is 13.6. The SMILES string of the molecule is Cc1ccc(CN2CC(C(=O)Nc3ccc4c(c3)OC3(CCCC3)O4)CC2=O)cc1. The number of amides is 2. The number of anilines is 1. The van der Waals surface area contributed by atoms with E-state index in [2.05, 4.69) is 5.32 Å². The predicted molar refractivity (Wildman–Crippen MR) is 112 cm³/mol. The molecule has 1 N–H and O–H groups in total. The zero-order chi connectivity index (χ0) is 20.7. The Kier molecular flexibility index (Phi) is 4.65. The molecule has 1 saturated heterocycles. The molecule has 1 aliphatic carbocycles. The van der Waals surface area contributed by atoms with Crippen molar-refractivity contribution in [2.24, 2.45) is 5.92 Å². The Hall–Kier alpha value is -3.02. The van der Waals surface area contributed by atoms with E-state index in [1.165, 1.54) is 5.56 Å². The maximum atomic E-state index is 12.8. The van der Waals surface area contributed by atoms with Crippen LogP contribution >= 0.6 is 0 Å². The Morgan fingerprint density at radius 1 is 1.10 bits per heavy atom. The number of likely N-dealkylation sites (tertiary alicyclic amines) is 1. The Bertz CT molecular complexity index is 979. The molecule has 5 rings (SSSR count). The van der Waals surface area contributed by atoms with E-state index in [4.69, 9.17) is 9.47 Å². The monoisotopic (exact) mass is 406 g/mol. The van der Waals surface area contributed by atoms with Crippen LogP contribution in [0.3, 0.4) is 0 Å². The third-order valence-electron chi connectivity index (χ3n) is 6.25. The van der Waals surface area contributed by atoms with E-state index in [0.717, 1.165) is 37.0 Å². The Balaban J connectivity index is 1.21. The molecule has 2 aromatic carbocycles. The average molecular weight is 406 g/mol. The fourth-order valence-electron chi connectivity index (χ4n) is 4.55. The van der Waals surface area contributed by atoms with Gasteiger partial charge in [-0.25, -0.2) is 0 Å². The van der Waals surface area contributed by atoms with Crippen LogP contribution in [0.25, 0.3) is 0 Å². The number of nitrogens with zero attached hydrogens (tertiary/aromatic N) is 1. The summed E-state index contributed by atoms with van der Waals surface area (Å²) in [6.45, 7) is 3.01. The van der Waals surface area contributed by atoms with E-state index < -0.39 is 5.79 Å². The normalized spacial score (nSPS) is 21.4. The highest BCUT2D eigenvalue weighted by molar-refractivity contribution is 5.97. The van der Waals surface area contributed by atoms with Gasteiger partial charge in [-0.2, -0.15) is 0 Å². The highest BCUT2D eigenvalue weighted by Gasteiger charge is 2.44. The van der Waals surface area contributed by atoms with E-state index in [1.807, 2.05) is 49.4 Å². The minimum Gasteiger partial charge on any atom is -0.448 e. The third-order valence-corrected chi connectivity index (χ3v) is 6.25. The molecule has 156 valence electrons. The van der Waals surface area contributed by atoms with Gasteiger partial charge in [0.05, 0.1) is 5.92 Å². The van der Waals surface area contributed by atoms with Gasteiger partial charge >= 0.3 is 0 Å². The van der Waals surface area contributed by atoms with Gasteiger partial charge in [0, 0.05) is 44.1 Å². The number of rotatable bonds is 4. The van der Waals surface area contributed by atoms with Crippen LogP contribution in [0.2, 0.25) is 0 Å². The van der Waals surface area contributed by atoms with Gasteiger partial charge < -0.3 is 19.7 Å². The number of carbonyl (C=O) groups excluding carboxylic acids is 2. The summed E-state index contributed by atoms with van der Waals surface area (Å²) in [5.74, 6) is 0.427. The molecular formula is C24H26N2O4. The minimum atomic E-state index is -0.515. The molecule has 0 aromatic heterocycles. The molecule has 6 heteroatoms. The summed E-state index contributed by atoms with van der Waals surface area (Å²) in [4.78, 5) is 27.0. The van der Waals surface area contributed by atoms with Crippen LogP contribution in [-0.2, 0) is 16.1 Å². The van der Waals surface area contributed by atoms with Crippen LogP contribution < -0.4 is 14.8 Å². The lowest BCUT2D eigenvalue weighted by atomic mass is 10.1. The highest BCUT2D eigenvalue weighted by atomic mass is 16.7. The lowest BCUT2D eigenvalue weighted by molar-refractivity contribution is -0.128. The van der Waals surface area contributed by atoms with Crippen molar-refractivity contribution in [3.63, 3.8) is 0 Å². The maximum absolute atomic E-state index is 12.8. The average Bonchev–Trinajstić information content (AvgIpc) is 3.43. The molecule has 0 radical (unpaired) electrons. The van der Waals surface area contributed by atoms with Gasteiger partial charge in [0.25, 0.3) is 5.79 Å². The number of hydrogen-bond acceptors (Lipinski definition) is 4. The van der Waals surface area contributed by atoms with Crippen LogP contribution in [-0.4, -0.2) is 29.0 Å². The molecule has 1 spiro atoms. The van der Waals surface area contributed by atoms with E-state index >= 15 is 0 Å². The molecule has 1 unspecified atom stereocenters. The van der Waals surface area contributed by atoms with E-state index in [0.29, 0.717) is 24.5 Å². The number of aryl methyl sites for hydroxylation is 1. The molecule has 2 aromatic rings. The van der Waals surface area contributed by atoms with Gasteiger partial charge in [-0.15, -0.1) is 0 Å². The quantitative estimate of drug-likeness (QED) is 0.833. The van der Waals surface area contributed by atoms with Crippen LogP contribution in [0.4, 0.5) is 5.69 Å². The number of carbonyl (C=O) groups is 2. The summed E-state index contributed by atoms with van der Waals surface area (Å²) in [5, 5.41) is 2.95. The summed E-state index contributed by atoms with van der Waals surface area (Å²) >= 11 is 0. The molecule has 30 heavy (non-hydrogen) atoms. The van der Waals surface area contributed by atoms with E-state index in [-0.39, 0.29) is 24.2 Å². The minimum absolute atomic E-state index is 0.0181. The van der Waals surface area contributed by atoms with Gasteiger partial charge in [-0.3, -0.25) is 9.59 Å². The van der Waals surface area contributed by atoms with Crippen molar-refractivity contribution in [1.82, 2.24) is 4.90 Å².